The van der Waals surface area contributed by atoms with Gasteiger partial charge in [-0.2, -0.15) is 0 Å². The number of likely N-dealkylation sites (N-methyl/N-ethyl adjacent to an activating group) is 1. The maximum absolute atomic E-state index is 11.0. The molecule has 1 heterocycles. The first kappa shape index (κ1) is 9.79. The van der Waals surface area contributed by atoms with Gasteiger partial charge >= 0.3 is 0 Å². The first-order chi connectivity index (χ1) is 7.24. The summed E-state index contributed by atoms with van der Waals surface area (Å²) in [6.07, 6.45) is 1.59. The van der Waals surface area contributed by atoms with E-state index in [-0.39, 0.29) is 11.0 Å². The van der Waals surface area contributed by atoms with E-state index in [2.05, 4.69) is 10.3 Å². The van der Waals surface area contributed by atoms with Crippen molar-refractivity contribution in [2.45, 2.75) is 12.1 Å². The number of hydrogen-bond acceptors (Lipinski definition) is 4. The molecule has 5 heteroatoms. The number of fused-ring (bicyclic) bond motifs is 1. The summed E-state index contributed by atoms with van der Waals surface area (Å²) in [5.74, 6) is 0. The van der Waals surface area contributed by atoms with Crippen molar-refractivity contribution in [3.05, 3.63) is 39.9 Å². The molecule has 1 aliphatic rings. The Kier molecular flexibility index (Phi) is 2.47. The Bertz CT molecular complexity index is 417. The van der Waals surface area contributed by atoms with Gasteiger partial charge in [0, 0.05) is 11.1 Å². The molecule has 78 valence electrons. The lowest BCUT2D eigenvalue weighted by Crippen LogP contribution is -2.39. The van der Waals surface area contributed by atoms with Gasteiger partial charge in [0.15, 0.2) is 0 Å². The lowest BCUT2D eigenvalue weighted by molar-refractivity contribution is -0.530. The van der Waals surface area contributed by atoms with Crippen molar-refractivity contribution in [2.24, 2.45) is 4.99 Å². The molecular formula is C10H11N3O2. The van der Waals surface area contributed by atoms with Crippen LogP contribution < -0.4 is 5.32 Å². The molecule has 0 aliphatic carbocycles. The minimum Gasteiger partial charge on any atom is -0.306 e. The average molecular weight is 205 g/mol. The fraction of sp³-hybridized carbons (Fsp3) is 0.300. The third-order valence-electron chi connectivity index (χ3n) is 2.53. The molecule has 1 aromatic carbocycles. The molecule has 0 fully saturated rings. The number of rotatable bonds is 2. The Morgan fingerprint density at radius 3 is 2.87 bits per heavy atom. The van der Waals surface area contributed by atoms with E-state index in [9.17, 15) is 10.1 Å². The summed E-state index contributed by atoms with van der Waals surface area (Å²) in [7, 11) is 1.70. The van der Waals surface area contributed by atoms with E-state index < -0.39 is 6.04 Å². The summed E-state index contributed by atoms with van der Waals surface area (Å²) in [6, 6.07) is 6.08. The highest BCUT2D eigenvalue weighted by Crippen LogP contribution is 2.32. The van der Waals surface area contributed by atoms with Crippen molar-refractivity contribution < 1.29 is 4.92 Å². The molecule has 5 nitrogen and oxygen atoms in total. The Morgan fingerprint density at radius 2 is 2.20 bits per heavy atom. The zero-order valence-corrected chi connectivity index (χ0v) is 8.25. The predicted octanol–water partition coefficient (Wildman–Crippen LogP) is 1.31. The summed E-state index contributed by atoms with van der Waals surface area (Å²) in [6.45, 7) is 0. The van der Waals surface area contributed by atoms with Crippen LogP contribution in [0.4, 0.5) is 5.69 Å². The highest BCUT2D eigenvalue weighted by atomic mass is 16.6. The van der Waals surface area contributed by atoms with Crippen molar-refractivity contribution in [3.8, 4) is 0 Å². The van der Waals surface area contributed by atoms with Crippen LogP contribution in [0.3, 0.4) is 0 Å². The van der Waals surface area contributed by atoms with Crippen molar-refractivity contribution in [1.29, 1.82) is 0 Å². The summed E-state index contributed by atoms with van der Waals surface area (Å²) in [5.41, 5.74) is 1.36. The summed E-state index contributed by atoms with van der Waals surface area (Å²) < 4.78 is 0. The van der Waals surface area contributed by atoms with Gasteiger partial charge in [0.2, 0.25) is 0 Å². The molecule has 0 radical (unpaired) electrons. The van der Waals surface area contributed by atoms with Crippen molar-refractivity contribution in [2.75, 3.05) is 7.05 Å². The maximum Gasteiger partial charge on any atom is 0.260 e. The largest absolute Gasteiger partial charge is 0.306 e. The minimum absolute atomic E-state index is 0.273. The quantitative estimate of drug-likeness (QED) is 0.584. The molecule has 15 heavy (non-hydrogen) atoms. The zero-order chi connectivity index (χ0) is 10.8. The van der Waals surface area contributed by atoms with Crippen LogP contribution in [-0.2, 0) is 0 Å². The molecule has 2 rings (SSSR count). The zero-order valence-electron chi connectivity index (χ0n) is 8.25. The molecule has 1 aromatic rings. The summed E-state index contributed by atoms with van der Waals surface area (Å²) >= 11 is 0. The van der Waals surface area contributed by atoms with Gasteiger partial charge in [-0.3, -0.25) is 15.1 Å². The van der Waals surface area contributed by atoms with E-state index in [1.165, 1.54) is 0 Å². The summed E-state index contributed by atoms with van der Waals surface area (Å²) in [5, 5.41) is 13.9. The third kappa shape index (κ3) is 1.61. The first-order valence-corrected chi connectivity index (χ1v) is 4.68. The molecule has 1 N–H and O–H groups in total. The highest BCUT2D eigenvalue weighted by Gasteiger charge is 2.35. The van der Waals surface area contributed by atoms with E-state index in [1.807, 2.05) is 6.07 Å². The third-order valence-corrected chi connectivity index (χ3v) is 2.53. The smallest absolute Gasteiger partial charge is 0.260 e. The van der Waals surface area contributed by atoms with E-state index in [0.717, 1.165) is 0 Å². The second kappa shape index (κ2) is 3.78. The molecule has 0 amide bonds. The number of nitrogens with zero attached hydrogens (tertiary/aromatic N) is 2. The number of hydrogen-bond donors (Lipinski definition) is 1. The highest BCUT2D eigenvalue weighted by molar-refractivity contribution is 5.74. The van der Waals surface area contributed by atoms with Crippen LogP contribution in [0, 0.1) is 10.1 Å². The standard InChI is InChI=1S/C10H11N3O2/c1-11-9-6-12-8-5-3-2-4-7(8)10(9)13(14)15/h2-6,9-11H,1H3. The SMILES string of the molecule is CNC1C=Nc2ccccc2C1[N+](=O)[O-]. The Labute approximate surface area is 87.0 Å². The Balaban J connectivity index is 2.49. The van der Waals surface area contributed by atoms with E-state index in [1.54, 1.807) is 31.5 Å². The van der Waals surface area contributed by atoms with Gasteiger partial charge in [0.25, 0.3) is 6.04 Å². The molecule has 0 saturated carbocycles. The second-order valence-electron chi connectivity index (χ2n) is 3.38. The fourth-order valence-electron chi connectivity index (χ4n) is 1.77. The Morgan fingerprint density at radius 1 is 1.47 bits per heavy atom. The van der Waals surface area contributed by atoms with Crippen molar-refractivity contribution in [1.82, 2.24) is 5.32 Å². The van der Waals surface area contributed by atoms with Crippen LogP contribution in [-0.4, -0.2) is 24.2 Å². The monoisotopic (exact) mass is 205 g/mol. The molecular weight excluding hydrogens is 194 g/mol. The van der Waals surface area contributed by atoms with Gasteiger partial charge in [-0.15, -0.1) is 0 Å². The minimum atomic E-state index is -0.747. The number of benzene rings is 1. The fourth-order valence-corrected chi connectivity index (χ4v) is 1.77. The molecule has 0 aromatic heterocycles. The van der Waals surface area contributed by atoms with E-state index in [4.69, 9.17) is 0 Å². The van der Waals surface area contributed by atoms with Crippen LogP contribution in [0.5, 0.6) is 0 Å². The summed E-state index contributed by atoms with van der Waals surface area (Å²) in [4.78, 5) is 14.9. The predicted molar refractivity (Wildman–Crippen MR) is 57.2 cm³/mol. The van der Waals surface area contributed by atoms with Crippen LogP contribution in [0.2, 0.25) is 0 Å². The van der Waals surface area contributed by atoms with Crippen molar-refractivity contribution >= 4 is 11.9 Å². The number of aliphatic imine (C=N–C) groups is 1. The molecule has 2 unspecified atom stereocenters. The lowest BCUT2D eigenvalue weighted by atomic mass is 9.96. The second-order valence-corrected chi connectivity index (χ2v) is 3.38. The van der Waals surface area contributed by atoms with E-state index in [0.29, 0.717) is 11.3 Å². The topological polar surface area (TPSA) is 67.5 Å². The Hall–Kier alpha value is -1.75. The number of nitro groups is 1. The van der Waals surface area contributed by atoms with Crippen LogP contribution in [0.25, 0.3) is 0 Å². The van der Waals surface area contributed by atoms with Gasteiger partial charge in [0.05, 0.1) is 11.3 Å². The number of nitrogens with one attached hydrogen (secondary N) is 1. The molecule has 0 spiro atoms. The van der Waals surface area contributed by atoms with Crippen molar-refractivity contribution in [3.63, 3.8) is 0 Å². The van der Waals surface area contributed by atoms with Crippen LogP contribution >= 0.6 is 0 Å². The lowest BCUT2D eigenvalue weighted by Gasteiger charge is -2.21. The molecule has 0 saturated heterocycles. The van der Waals surface area contributed by atoms with E-state index >= 15 is 0 Å². The molecule has 2 atom stereocenters. The van der Waals surface area contributed by atoms with Crippen LogP contribution in [0.15, 0.2) is 29.3 Å². The molecule has 1 aliphatic heterocycles. The van der Waals surface area contributed by atoms with Gasteiger partial charge in [0.1, 0.15) is 6.04 Å². The maximum atomic E-state index is 11.0. The van der Waals surface area contributed by atoms with Gasteiger partial charge in [-0.05, 0) is 19.2 Å². The first-order valence-electron chi connectivity index (χ1n) is 4.68. The molecule has 0 bridgehead atoms. The van der Waals surface area contributed by atoms with Crippen LogP contribution in [0.1, 0.15) is 11.6 Å². The normalized spacial score (nSPS) is 23.5. The van der Waals surface area contributed by atoms with Gasteiger partial charge < -0.3 is 5.32 Å². The van der Waals surface area contributed by atoms with Gasteiger partial charge in [-0.25, -0.2) is 0 Å². The number of para-hydroxylation sites is 1. The van der Waals surface area contributed by atoms with Gasteiger partial charge in [-0.1, -0.05) is 12.1 Å². The average Bonchev–Trinajstić information content (AvgIpc) is 2.27.